The first kappa shape index (κ1) is 21.1. The minimum absolute atomic E-state index is 0.127. The number of hydrogen-bond acceptors (Lipinski definition) is 6. The van der Waals surface area contributed by atoms with Crippen molar-refractivity contribution in [3.05, 3.63) is 29.1 Å². The van der Waals surface area contributed by atoms with Crippen molar-refractivity contribution in [2.75, 3.05) is 26.6 Å². The maximum Gasteiger partial charge on any atom is 0.224 e. The van der Waals surface area contributed by atoms with E-state index < -0.39 is 0 Å². The van der Waals surface area contributed by atoms with Gasteiger partial charge in [0.05, 0.1) is 46.1 Å². The number of aromatic nitrogens is 2. The van der Waals surface area contributed by atoms with Crippen molar-refractivity contribution in [3.63, 3.8) is 0 Å². The van der Waals surface area contributed by atoms with Crippen LogP contribution in [0.1, 0.15) is 29.8 Å². The number of aryl methyl sites for hydroxylation is 2. The highest BCUT2D eigenvalue weighted by Crippen LogP contribution is 2.39. The van der Waals surface area contributed by atoms with Gasteiger partial charge in [-0.3, -0.25) is 9.48 Å². The van der Waals surface area contributed by atoms with Crippen LogP contribution < -0.4 is 19.5 Å². The molecule has 1 N–H and O–H groups in total. The first-order chi connectivity index (χ1) is 13.4. The van der Waals surface area contributed by atoms with E-state index in [1.165, 1.54) is 21.3 Å². The predicted octanol–water partition coefficient (Wildman–Crippen LogP) is 3.01. The lowest BCUT2D eigenvalue weighted by Gasteiger charge is -2.14. The zero-order valence-corrected chi connectivity index (χ0v) is 17.0. The van der Waals surface area contributed by atoms with E-state index in [1.54, 1.807) is 12.1 Å². The van der Waals surface area contributed by atoms with E-state index in [2.05, 4.69) is 16.5 Å². The van der Waals surface area contributed by atoms with Gasteiger partial charge in [-0.1, -0.05) is 0 Å². The molecule has 0 unspecified atom stereocenters. The molecule has 8 nitrogen and oxygen atoms in total. The number of anilines is 1. The Balaban J connectivity index is 2.07. The summed E-state index contributed by atoms with van der Waals surface area (Å²) in [6, 6.07) is 5.50. The Morgan fingerprint density at radius 2 is 1.82 bits per heavy atom. The van der Waals surface area contributed by atoms with Gasteiger partial charge in [-0.25, -0.2) is 0 Å². The van der Waals surface area contributed by atoms with Crippen LogP contribution in [-0.4, -0.2) is 37.0 Å². The van der Waals surface area contributed by atoms with E-state index in [1.807, 2.05) is 18.5 Å². The van der Waals surface area contributed by atoms with Gasteiger partial charge in [0.25, 0.3) is 0 Å². The fourth-order valence-electron chi connectivity index (χ4n) is 3.08. The first-order valence-corrected chi connectivity index (χ1v) is 8.94. The number of amides is 1. The summed E-state index contributed by atoms with van der Waals surface area (Å²) < 4.78 is 17.7. The van der Waals surface area contributed by atoms with Gasteiger partial charge in [0.2, 0.25) is 11.7 Å². The fourth-order valence-corrected chi connectivity index (χ4v) is 3.08. The van der Waals surface area contributed by atoms with E-state index in [9.17, 15) is 4.79 Å². The zero-order chi connectivity index (χ0) is 20.7. The van der Waals surface area contributed by atoms with Crippen LogP contribution in [0.4, 0.5) is 5.69 Å². The molecule has 1 aromatic carbocycles. The molecule has 0 saturated heterocycles. The average Bonchev–Trinajstić information content (AvgIpc) is 2.96. The summed E-state index contributed by atoms with van der Waals surface area (Å²) in [5.74, 6) is 1.29. The van der Waals surface area contributed by atoms with Gasteiger partial charge in [0, 0.05) is 29.9 Å². The Bertz CT molecular complexity index is 858. The van der Waals surface area contributed by atoms with Gasteiger partial charge in [-0.15, -0.1) is 0 Å². The van der Waals surface area contributed by atoms with Crippen molar-refractivity contribution in [2.45, 2.75) is 39.7 Å². The molecule has 0 aliphatic heterocycles. The quantitative estimate of drug-likeness (QED) is 0.711. The van der Waals surface area contributed by atoms with Crippen LogP contribution in [0.3, 0.4) is 0 Å². The highest BCUT2D eigenvalue weighted by Gasteiger charge is 2.16. The summed E-state index contributed by atoms with van der Waals surface area (Å²) >= 11 is 0. The molecule has 0 saturated carbocycles. The van der Waals surface area contributed by atoms with E-state index in [0.717, 1.165) is 17.0 Å². The molecule has 0 radical (unpaired) electrons. The third-order valence-corrected chi connectivity index (χ3v) is 4.52. The maximum absolute atomic E-state index is 12.4. The zero-order valence-electron chi connectivity index (χ0n) is 17.0. The van der Waals surface area contributed by atoms with Crippen LogP contribution in [0.5, 0.6) is 17.2 Å². The lowest BCUT2D eigenvalue weighted by Crippen LogP contribution is -2.13. The summed E-state index contributed by atoms with van der Waals surface area (Å²) in [4.78, 5) is 12.4. The Labute approximate surface area is 165 Å². The second kappa shape index (κ2) is 9.65. The van der Waals surface area contributed by atoms with Gasteiger partial charge in [0.15, 0.2) is 11.5 Å². The van der Waals surface area contributed by atoms with Gasteiger partial charge in [-0.05, 0) is 25.8 Å². The van der Waals surface area contributed by atoms with E-state index in [-0.39, 0.29) is 5.91 Å². The molecule has 1 aromatic heterocycles. The number of carbonyl (C=O) groups is 1. The van der Waals surface area contributed by atoms with Crippen LogP contribution in [-0.2, 0) is 17.8 Å². The topological polar surface area (TPSA) is 98.4 Å². The third-order valence-electron chi connectivity index (χ3n) is 4.52. The molecule has 2 rings (SSSR count). The molecule has 0 fully saturated rings. The molecule has 150 valence electrons. The molecule has 0 atom stereocenters. The number of nitrogens with one attached hydrogen (secondary N) is 1. The molecule has 8 heteroatoms. The smallest absolute Gasteiger partial charge is 0.224 e. The van der Waals surface area contributed by atoms with E-state index in [0.29, 0.717) is 48.7 Å². The number of nitriles is 1. The van der Waals surface area contributed by atoms with Gasteiger partial charge >= 0.3 is 0 Å². The van der Waals surface area contributed by atoms with Crippen molar-refractivity contribution < 1.29 is 19.0 Å². The van der Waals surface area contributed by atoms with Gasteiger partial charge in [0.1, 0.15) is 0 Å². The third kappa shape index (κ3) is 4.74. The summed E-state index contributed by atoms with van der Waals surface area (Å²) in [6.45, 7) is 4.44. The summed E-state index contributed by atoms with van der Waals surface area (Å²) in [6.07, 6.45) is 1.28. The minimum Gasteiger partial charge on any atom is -0.493 e. The molecule has 28 heavy (non-hydrogen) atoms. The molecule has 1 amide bonds. The Kier molecular flexibility index (Phi) is 7.27. The second-order valence-electron chi connectivity index (χ2n) is 6.24. The first-order valence-electron chi connectivity index (χ1n) is 8.94. The highest BCUT2D eigenvalue weighted by atomic mass is 16.5. The summed E-state index contributed by atoms with van der Waals surface area (Å²) in [5, 5.41) is 16.1. The lowest BCUT2D eigenvalue weighted by atomic mass is 10.1. The van der Waals surface area contributed by atoms with Crippen molar-refractivity contribution >= 4 is 11.6 Å². The van der Waals surface area contributed by atoms with Crippen LogP contribution in [0.25, 0.3) is 0 Å². The molecule has 2 aromatic rings. The van der Waals surface area contributed by atoms with Crippen LogP contribution in [0.15, 0.2) is 12.1 Å². The summed E-state index contributed by atoms with van der Waals surface area (Å²) in [7, 11) is 4.58. The molecule has 1 heterocycles. The SMILES string of the molecule is COc1cc(NC(=O)CCc2c(C)nn(CCC#N)c2C)cc(OC)c1OC. The Morgan fingerprint density at radius 3 is 2.36 bits per heavy atom. The predicted molar refractivity (Wildman–Crippen MR) is 105 cm³/mol. The van der Waals surface area contributed by atoms with Crippen molar-refractivity contribution in [1.82, 2.24) is 9.78 Å². The normalized spacial score (nSPS) is 10.3. The number of carbonyl (C=O) groups excluding carboxylic acids is 1. The molecule has 0 aliphatic rings. The second-order valence-corrected chi connectivity index (χ2v) is 6.24. The molecular formula is C20H26N4O4. The van der Waals surface area contributed by atoms with Crippen LogP contribution in [0.2, 0.25) is 0 Å². The Hall–Kier alpha value is -3.21. The van der Waals surface area contributed by atoms with E-state index >= 15 is 0 Å². The van der Waals surface area contributed by atoms with Crippen molar-refractivity contribution in [1.29, 1.82) is 5.26 Å². The fraction of sp³-hybridized carbons (Fsp3) is 0.450. The maximum atomic E-state index is 12.4. The van der Waals surface area contributed by atoms with E-state index in [4.69, 9.17) is 19.5 Å². The molecular weight excluding hydrogens is 360 g/mol. The number of ether oxygens (including phenoxy) is 3. The van der Waals surface area contributed by atoms with Gasteiger partial charge < -0.3 is 19.5 Å². The number of benzene rings is 1. The number of rotatable bonds is 9. The molecule has 0 spiro atoms. The molecule has 0 aliphatic carbocycles. The molecule has 0 bridgehead atoms. The number of methoxy groups -OCH3 is 3. The summed E-state index contributed by atoms with van der Waals surface area (Å²) in [5.41, 5.74) is 3.49. The minimum atomic E-state index is -0.127. The average molecular weight is 386 g/mol. The van der Waals surface area contributed by atoms with Gasteiger partial charge in [-0.2, -0.15) is 10.4 Å². The largest absolute Gasteiger partial charge is 0.493 e. The van der Waals surface area contributed by atoms with Crippen molar-refractivity contribution in [2.24, 2.45) is 0 Å². The van der Waals surface area contributed by atoms with Crippen LogP contribution >= 0.6 is 0 Å². The van der Waals surface area contributed by atoms with Crippen molar-refractivity contribution in [3.8, 4) is 23.3 Å². The highest BCUT2D eigenvalue weighted by molar-refractivity contribution is 5.91. The monoisotopic (exact) mass is 386 g/mol. The Morgan fingerprint density at radius 1 is 1.18 bits per heavy atom. The van der Waals surface area contributed by atoms with Crippen LogP contribution in [0, 0.1) is 25.2 Å². The number of hydrogen-bond donors (Lipinski definition) is 1. The lowest BCUT2D eigenvalue weighted by molar-refractivity contribution is -0.116. The standard InChI is InChI=1S/C20H26N4O4/c1-13-16(14(2)24(23-13)10-6-9-21)7-8-19(25)22-15-11-17(26-3)20(28-5)18(12-15)27-4/h11-12H,6-8,10H2,1-5H3,(H,22,25). The number of nitrogens with zero attached hydrogens (tertiary/aromatic N) is 3.